The minimum absolute atomic E-state index is 0.0846. The van der Waals surface area contributed by atoms with Crippen LogP contribution in [-0.2, 0) is 28.7 Å². The first-order chi connectivity index (χ1) is 14.0. The van der Waals surface area contributed by atoms with E-state index in [9.17, 15) is 22.8 Å². The average Bonchev–Trinajstić information content (AvgIpc) is 2.65. The largest absolute Gasteiger partial charge is 0.348 e. The van der Waals surface area contributed by atoms with Gasteiger partial charge in [-0.25, -0.2) is 13.1 Å². The van der Waals surface area contributed by atoms with E-state index in [1.54, 1.807) is 24.3 Å². The zero-order valence-corrected chi connectivity index (χ0v) is 18.0. The normalized spacial score (nSPS) is 15.5. The van der Waals surface area contributed by atoms with Gasteiger partial charge >= 0.3 is 0 Å². The van der Waals surface area contributed by atoms with E-state index < -0.39 is 21.5 Å². The molecular weight excluding hydrogens is 406 g/mol. The van der Waals surface area contributed by atoms with Crippen molar-refractivity contribution in [2.75, 3.05) is 7.05 Å². The zero-order chi connectivity index (χ0) is 22.1. The number of nitrogens with one attached hydrogen (secondary N) is 3. The average molecular weight is 432 g/mol. The van der Waals surface area contributed by atoms with Gasteiger partial charge in [-0.1, -0.05) is 38.1 Å². The molecule has 0 atom stereocenters. The van der Waals surface area contributed by atoms with Gasteiger partial charge in [0.25, 0.3) is 11.5 Å². The van der Waals surface area contributed by atoms with Gasteiger partial charge in [0.15, 0.2) is 5.78 Å². The number of hydrogen-bond donors (Lipinski definition) is 3. The number of carbonyl (C=O) groups excluding carboxylic acids is 2. The van der Waals surface area contributed by atoms with Gasteiger partial charge in [-0.3, -0.25) is 14.4 Å². The number of fused-ring (bicyclic) bond motifs is 1. The van der Waals surface area contributed by atoms with E-state index in [4.69, 9.17) is 0 Å². The van der Waals surface area contributed by atoms with Gasteiger partial charge < -0.3 is 10.3 Å². The Kier molecular flexibility index (Phi) is 5.96. The Morgan fingerprint density at radius 1 is 1.10 bits per heavy atom. The Hall–Kier alpha value is -2.78. The summed E-state index contributed by atoms with van der Waals surface area (Å²) < 4.78 is 25.4. The topological polar surface area (TPSA) is 125 Å². The minimum Gasteiger partial charge on any atom is -0.348 e. The van der Waals surface area contributed by atoms with E-state index in [0.29, 0.717) is 29.7 Å². The summed E-state index contributed by atoms with van der Waals surface area (Å²) in [5.74, 6) is -0.789. The van der Waals surface area contributed by atoms with Gasteiger partial charge in [-0.05, 0) is 36.1 Å². The number of ketones is 1. The number of sulfonamides is 1. The fraction of sp³-hybridized carbons (Fsp3) is 0.381. The van der Waals surface area contributed by atoms with Crippen LogP contribution in [0.4, 0.5) is 0 Å². The van der Waals surface area contributed by atoms with Crippen LogP contribution in [0.25, 0.3) is 0 Å². The zero-order valence-electron chi connectivity index (χ0n) is 17.2. The second-order valence-electron chi connectivity index (χ2n) is 8.31. The summed E-state index contributed by atoms with van der Waals surface area (Å²) in [6.45, 7) is 4.09. The van der Waals surface area contributed by atoms with Gasteiger partial charge in [-0.2, -0.15) is 0 Å². The molecule has 0 aliphatic heterocycles. The van der Waals surface area contributed by atoms with E-state index in [1.807, 2.05) is 13.8 Å². The summed E-state index contributed by atoms with van der Waals surface area (Å²) in [4.78, 5) is 40.0. The van der Waals surface area contributed by atoms with Crippen LogP contribution >= 0.6 is 0 Å². The standard InChI is InChI=1S/C21H25N3O5S/c1-21(2)9-17-15(18(25)10-21)8-16(20(27)24-17)19(26)23-11-13-4-6-14(7-5-13)12-30(28,29)22-3/h4-8,22H,9-12H2,1-3H3,(H,23,26)(H,24,27). The van der Waals surface area contributed by atoms with Gasteiger partial charge in [-0.15, -0.1) is 0 Å². The molecule has 1 amide bonds. The number of Topliss-reactive ketones (excluding diaryl/α,β-unsaturated/α-hetero) is 1. The Morgan fingerprint density at radius 2 is 1.73 bits per heavy atom. The molecule has 1 aliphatic carbocycles. The third kappa shape index (κ3) is 5.03. The molecule has 0 fully saturated rings. The lowest BCUT2D eigenvalue weighted by Gasteiger charge is -2.29. The lowest BCUT2D eigenvalue weighted by molar-refractivity contribution is 0.0910. The van der Waals surface area contributed by atoms with Gasteiger partial charge in [0.1, 0.15) is 5.56 Å². The maximum atomic E-state index is 12.5. The highest BCUT2D eigenvalue weighted by Gasteiger charge is 2.32. The van der Waals surface area contributed by atoms with Crippen molar-refractivity contribution in [3.63, 3.8) is 0 Å². The number of benzene rings is 1. The third-order valence-electron chi connectivity index (χ3n) is 5.11. The molecule has 2 aromatic rings. The second kappa shape index (κ2) is 8.16. The monoisotopic (exact) mass is 431 g/mol. The molecule has 3 rings (SSSR count). The molecule has 1 aliphatic rings. The van der Waals surface area contributed by atoms with Crippen LogP contribution in [0.2, 0.25) is 0 Å². The first-order valence-electron chi connectivity index (χ1n) is 9.56. The molecule has 30 heavy (non-hydrogen) atoms. The van der Waals surface area contributed by atoms with Crippen LogP contribution in [0.15, 0.2) is 35.1 Å². The highest BCUT2D eigenvalue weighted by molar-refractivity contribution is 7.88. The molecule has 0 unspecified atom stereocenters. The Labute approximate surface area is 175 Å². The second-order valence-corrected chi connectivity index (χ2v) is 10.2. The highest BCUT2D eigenvalue weighted by Crippen LogP contribution is 2.33. The van der Waals surface area contributed by atoms with Gasteiger partial charge in [0, 0.05) is 24.2 Å². The van der Waals surface area contributed by atoms with Crippen molar-refractivity contribution < 1.29 is 18.0 Å². The summed E-state index contributed by atoms with van der Waals surface area (Å²) in [6.07, 6.45) is 0.934. The van der Waals surface area contributed by atoms with Crippen LogP contribution in [0.3, 0.4) is 0 Å². The molecule has 0 radical (unpaired) electrons. The minimum atomic E-state index is -3.36. The Balaban J connectivity index is 1.71. The molecule has 1 aromatic heterocycles. The van der Waals surface area contributed by atoms with E-state index in [2.05, 4.69) is 15.0 Å². The maximum Gasteiger partial charge on any atom is 0.261 e. The molecule has 9 heteroatoms. The maximum absolute atomic E-state index is 12.5. The first kappa shape index (κ1) is 21.9. The quantitative estimate of drug-likeness (QED) is 0.639. The third-order valence-corrected chi connectivity index (χ3v) is 6.44. The predicted octanol–water partition coefficient (Wildman–Crippen LogP) is 1.51. The molecule has 0 saturated carbocycles. The summed E-state index contributed by atoms with van der Waals surface area (Å²) in [7, 11) is -2.00. The fourth-order valence-corrected chi connectivity index (χ4v) is 4.29. The van der Waals surface area contributed by atoms with Crippen LogP contribution in [0, 0.1) is 5.41 Å². The number of amides is 1. The van der Waals surface area contributed by atoms with E-state index in [0.717, 1.165) is 5.56 Å². The molecule has 8 nitrogen and oxygen atoms in total. The number of aromatic nitrogens is 1. The van der Waals surface area contributed by atoms with Crippen molar-refractivity contribution in [2.45, 2.75) is 39.0 Å². The number of aromatic amines is 1. The van der Waals surface area contributed by atoms with Gasteiger partial charge in [0.2, 0.25) is 10.0 Å². The first-order valence-corrected chi connectivity index (χ1v) is 11.2. The number of pyridine rings is 1. The lowest BCUT2D eigenvalue weighted by Crippen LogP contribution is -2.34. The number of H-pyrrole nitrogens is 1. The fourth-order valence-electron chi connectivity index (χ4n) is 3.52. The van der Waals surface area contributed by atoms with Crippen molar-refractivity contribution >= 4 is 21.7 Å². The van der Waals surface area contributed by atoms with Crippen molar-refractivity contribution in [3.05, 3.63) is 68.6 Å². The van der Waals surface area contributed by atoms with Crippen LogP contribution < -0.4 is 15.6 Å². The Morgan fingerprint density at radius 3 is 2.37 bits per heavy atom. The summed E-state index contributed by atoms with van der Waals surface area (Å²) in [5.41, 5.74) is 1.49. The van der Waals surface area contributed by atoms with E-state index in [-0.39, 0.29) is 29.1 Å². The van der Waals surface area contributed by atoms with Crippen LogP contribution in [-0.4, -0.2) is 32.1 Å². The predicted molar refractivity (Wildman–Crippen MR) is 113 cm³/mol. The van der Waals surface area contributed by atoms with Crippen molar-refractivity contribution in [1.82, 2.24) is 15.0 Å². The van der Waals surface area contributed by atoms with Crippen molar-refractivity contribution in [3.8, 4) is 0 Å². The molecule has 160 valence electrons. The molecular formula is C21H25N3O5S. The lowest BCUT2D eigenvalue weighted by atomic mass is 9.75. The molecule has 0 bridgehead atoms. The van der Waals surface area contributed by atoms with E-state index in [1.165, 1.54) is 13.1 Å². The molecule has 0 spiro atoms. The Bertz CT molecular complexity index is 1150. The summed E-state index contributed by atoms with van der Waals surface area (Å²) in [5, 5.41) is 2.67. The number of rotatable bonds is 6. The smallest absolute Gasteiger partial charge is 0.261 e. The summed E-state index contributed by atoms with van der Waals surface area (Å²) in [6, 6.07) is 8.14. The van der Waals surface area contributed by atoms with Crippen LogP contribution in [0.5, 0.6) is 0 Å². The molecule has 1 aromatic carbocycles. The van der Waals surface area contributed by atoms with E-state index >= 15 is 0 Å². The van der Waals surface area contributed by atoms with Crippen LogP contribution in [0.1, 0.15) is 57.8 Å². The number of hydrogen-bond acceptors (Lipinski definition) is 5. The number of carbonyl (C=O) groups is 2. The van der Waals surface area contributed by atoms with Gasteiger partial charge in [0.05, 0.1) is 5.75 Å². The van der Waals surface area contributed by atoms with Crippen molar-refractivity contribution in [2.24, 2.45) is 5.41 Å². The van der Waals surface area contributed by atoms with Crippen molar-refractivity contribution in [1.29, 1.82) is 0 Å². The molecule has 0 saturated heterocycles. The SMILES string of the molecule is CNS(=O)(=O)Cc1ccc(CNC(=O)c2cc3c([nH]c2=O)CC(C)(C)CC3=O)cc1. The summed E-state index contributed by atoms with van der Waals surface area (Å²) >= 11 is 0. The molecule has 3 N–H and O–H groups in total. The molecule has 1 heterocycles. The highest BCUT2D eigenvalue weighted by atomic mass is 32.2.